The van der Waals surface area contributed by atoms with Crippen molar-refractivity contribution in [1.82, 2.24) is 4.90 Å². The van der Waals surface area contributed by atoms with Gasteiger partial charge in [-0.3, -0.25) is 4.79 Å². The van der Waals surface area contributed by atoms with E-state index in [0.29, 0.717) is 47.6 Å². The molecule has 3 aliphatic rings. The number of hydrogen-bond acceptors (Lipinski definition) is 8. The summed E-state index contributed by atoms with van der Waals surface area (Å²) in [6.45, 7) is 4.41. The summed E-state index contributed by atoms with van der Waals surface area (Å²) < 4.78 is 35.1. The molecule has 57 heavy (non-hydrogen) atoms. The Hall–Kier alpha value is -5.03. The number of fused-ring (bicyclic) bond motifs is 3. The van der Waals surface area contributed by atoms with E-state index in [1.165, 1.54) is 13.2 Å². The first-order valence-electron chi connectivity index (χ1n) is 20.1. The Morgan fingerprint density at radius 3 is 2.49 bits per heavy atom. The van der Waals surface area contributed by atoms with Crippen LogP contribution in [0, 0.1) is 23.6 Å². The lowest BCUT2D eigenvalue weighted by atomic mass is 9.55. The number of rotatable bonds is 17. The van der Waals surface area contributed by atoms with Gasteiger partial charge in [-0.2, -0.15) is 0 Å². The number of hydrogen-bond donors (Lipinski definition) is 2. The van der Waals surface area contributed by atoms with Gasteiger partial charge in [0.05, 0.1) is 18.2 Å². The van der Waals surface area contributed by atoms with Crippen molar-refractivity contribution in [3.05, 3.63) is 132 Å². The predicted octanol–water partition coefficient (Wildman–Crippen LogP) is 8.59. The molecule has 1 aliphatic heterocycles. The van der Waals surface area contributed by atoms with Crippen LogP contribution in [0.2, 0.25) is 0 Å². The SMILES string of the molecule is C=CCO[C@@]12Oc3ccc(OCc4ccccc4F)cc3[C@H]3[C@H](CCCCO)[C@@H](CCCCO)C=C(C(=NOC)C[C@@H]1N(C)C(=O)c1ccc4ccccc4c1)[C@H]32. The maximum absolute atomic E-state index is 14.7. The van der Waals surface area contributed by atoms with Crippen molar-refractivity contribution in [2.45, 2.75) is 69.3 Å². The number of carbonyl (C=O) groups excluding carboxylic acids is 1. The minimum Gasteiger partial charge on any atom is -0.489 e. The number of oxime groups is 1. The molecular formula is C47H53FN2O7. The van der Waals surface area contributed by atoms with Gasteiger partial charge in [-0.15, -0.1) is 6.58 Å². The highest BCUT2D eigenvalue weighted by Gasteiger charge is 2.65. The molecule has 0 bridgehead atoms. The number of unbranched alkanes of at least 4 members (excludes halogenated alkanes) is 2. The molecule has 9 nitrogen and oxygen atoms in total. The van der Waals surface area contributed by atoms with Crippen LogP contribution in [0.25, 0.3) is 10.8 Å². The average Bonchev–Trinajstić information content (AvgIpc) is 3.23. The van der Waals surface area contributed by atoms with E-state index < -0.39 is 17.7 Å². The molecule has 300 valence electrons. The normalized spacial score (nSPS) is 24.2. The lowest BCUT2D eigenvalue weighted by Crippen LogP contribution is -2.69. The Morgan fingerprint density at radius 2 is 1.74 bits per heavy atom. The summed E-state index contributed by atoms with van der Waals surface area (Å²) in [4.78, 5) is 21.9. The predicted molar refractivity (Wildman–Crippen MR) is 219 cm³/mol. The van der Waals surface area contributed by atoms with E-state index in [9.17, 15) is 19.4 Å². The second kappa shape index (κ2) is 18.1. The maximum Gasteiger partial charge on any atom is 0.254 e. The fourth-order valence-electron chi connectivity index (χ4n) is 9.37. The van der Waals surface area contributed by atoms with Crippen molar-refractivity contribution in [2.75, 3.05) is 34.0 Å². The second-order valence-electron chi connectivity index (χ2n) is 15.3. The van der Waals surface area contributed by atoms with Gasteiger partial charge in [0.15, 0.2) is 0 Å². The molecule has 0 spiro atoms. The molecule has 1 amide bonds. The number of benzene rings is 4. The zero-order valence-electron chi connectivity index (χ0n) is 32.8. The molecule has 0 unspecified atom stereocenters. The van der Waals surface area contributed by atoms with E-state index in [0.717, 1.165) is 47.6 Å². The minimum absolute atomic E-state index is 0.0516. The fourth-order valence-corrected chi connectivity index (χ4v) is 9.37. The monoisotopic (exact) mass is 776 g/mol. The molecule has 1 heterocycles. The molecule has 2 N–H and O–H groups in total. The Labute approximate surface area is 334 Å². The molecule has 1 fully saturated rings. The smallest absolute Gasteiger partial charge is 0.254 e. The van der Waals surface area contributed by atoms with Crippen LogP contribution in [0.4, 0.5) is 4.39 Å². The van der Waals surface area contributed by atoms with Crippen LogP contribution in [-0.4, -0.2) is 72.5 Å². The third-order valence-corrected chi connectivity index (χ3v) is 12.0. The van der Waals surface area contributed by atoms with E-state index >= 15 is 0 Å². The van der Waals surface area contributed by atoms with Crippen LogP contribution < -0.4 is 9.47 Å². The standard InChI is InChI=1S/C47H53FN2O7/c1-4-25-56-47-43(50(2)46(53)34-20-19-31-13-5-6-14-32(31)26-34)29-41(49-54-3)38-27-33(15-9-11-23-51)37(17-10-12-24-52)44(45(38)47)39-28-36(21-22-42(39)57-47)55-30-35-16-7-8-18-40(35)48/h4-8,13-14,16,18-22,26-28,33,37,43-45,51-52H,1,9-12,15,17,23-25,29-30H2,2-3H3/t33-,37+,43-,44+,45+,47+/m0/s1. The molecule has 4 aromatic carbocycles. The van der Waals surface area contributed by atoms with Crippen LogP contribution in [0.15, 0.2) is 114 Å². The van der Waals surface area contributed by atoms with Crippen molar-refractivity contribution in [3.63, 3.8) is 0 Å². The Kier molecular flexibility index (Phi) is 12.7. The zero-order chi connectivity index (χ0) is 39.9. The first-order chi connectivity index (χ1) is 27.8. The summed E-state index contributed by atoms with van der Waals surface area (Å²) in [5, 5.41) is 26.3. The van der Waals surface area contributed by atoms with Crippen molar-refractivity contribution < 1.29 is 38.4 Å². The maximum atomic E-state index is 14.7. The summed E-state index contributed by atoms with van der Waals surface area (Å²) in [5.41, 5.74) is 3.58. The van der Waals surface area contributed by atoms with Crippen molar-refractivity contribution in [1.29, 1.82) is 0 Å². The van der Waals surface area contributed by atoms with Crippen molar-refractivity contribution >= 4 is 22.4 Å². The van der Waals surface area contributed by atoms with E-state index in [1.807, 2.05) is 60.7 Å². The zero-order valence-corrected chi connectivity index (χ0v) is 32.8. The van der Waals surface area contributed by atoms with Crippen LogP contribution in [0.3, 0.4) is 0 Å². The number of amides is 1. The number of halogens is 1. The van der Waals surface area contributed by atoms with Crippen LogP contribution in [0.1, 0.15) is 72.3 Å². The number of aliphatic hydroxyl groups is 2. The summed E-state index contributed by atoms with van der Waals surface area (Å²) >= 11 is 0. The van der Waals surface area contributed by atoms with E-state index in [4.69, 9.17) is 19.0 Å². The molecule has 6 atom stereocenters. The first-order valence-corrected chi connectivity index (χ1v) is 20.1. The molecule has 1 saturated carbocycles. The molecule has 7 rings (SSSR count). The molecule has 0 radical (unpaired) electrons. The highest BCUT2D eigenvalue weighted by atomic mass is 19.1. The number of ether oxygens (including phenoxy) is 3. The number of nitrogens with zero attached hydrogens (tertiary/aromatic N) is 2. The van der Waals surface area contributed by atoms with Crippen LogP contribution in [0.5, 0.6) is 11.5 Å². The topological polar surface area (TPSA) is 110 Å². The highest BCUT2D eigenvalue weighted by Crippen LogP contribution is 2.62. The average molecular weight is 777 g/mol. The number of allylic oxidation sites excluding steroid dienone is 1. The minimum atomic E-state index is -1.37. The van der Waals surface area contributed by atoms with Gasteiger partial charge >= 0.3 is 0 Å². The van der Waals surface area contributed by atoms with Gasteiger partial charge in [0.2, 0.25) is 5.79 Å². The summed E-state index contributed by atoms with van der Waals surface area (Å²) in [6.07, 6.45) is 8.91. The largest absolute Gasteiger partial charge is 0.489 e. The Balaban J connectivity index is 1.39. The Bertz CT molecular complexity index is 2120. The van der Waals surface area contributed by atoms with Gasteiger partial charge in [-0.05, 0) is 90.3 Å². The summed E-state index contributed by atoms with van der Waals surface area (Å²) in [6, 6.07) is 25.4. The Morgan fingerprint density at radius 1 is 0.982 bits per heavy atom. The van der Waals surface area contributed by atoms with Gasteiger partial charge in [0, 0.05) is 49.3 Å². The van der Waals surface area contributed by atoms with Crippen LogP contribution >= 0.6 is 0 Å². The molecule has 0 aromatic heterocycles. The van der Waals surface area contributed by atoms with Crippen molar-refractivity contribution in [2.24, 2.45) is 22.9 Å². The molecule has 4 aromatic rings. The highest BCUT2D eigenvalue weighted by molar-refractivity contribution is 6.04. The van der Waals surface area contributed by atoms with E-state index in [1.54, 1.807) is 36.2 Å². The van der Waals surface area contributed by atoms with Crippen molar-refractivity contribution in [3.8, 4) is 11.5 Å². The molecule has 10 heteroatoms. The quantitative estimate of drug-likeness (QED) is 0.0628. The third kappa shape index (κ3) is 8.08. The second-order valence-corrected chi connectivity index (χ2v) is 15.3. The van der Waals surface area contributed by atoms with Gasteiger partial charge in [-0.25, -0.2) is 4.39 Å². The fraction of sp³-hybridized carbons (Fsp3) is 0.404. The van der Waals surface area contributed by atoms with E-state index in [2.05, 4.69) is 17.8 Å². The van der Waals surface area contributed by atoms with Gasteiger partial charge < -0.3 is 34.2 Å². The lowest BCUT2D eigenvalue weighted by molar-refractivity contribution is -0.252. The van der Waals surface area contributed by atoms with E-state index in [-0.39, 0.29) is 55.9 Å². The lowest BCUT2D eigenvalue weighted by Gasteiger charge is -2.59. The van der Waals surface area contributed by atoms with Gasteiger partial charge in [-0.1, -0.05) is 78.7 Å². The molecular weight excluding hydrogens is 724 g/mol. The van der Waals surface area contributed by atoms with Gasteiger partial charge in [0.1, 0.15) is 37.1 Å². The summed E-state index contributed by atoms with van der Waals surface area (Å²) in [5.74, 6) is -1.20. The number of aliphatic hydroxyl groups excluding tert-OH is 2. The third-order valence-electron chi connectivity index (χ3n) is 12.0. The van der Waals surface area contributed by atoms with Crippen LogP contribution in [-0.2, 0) is 16.2 Å². The number of likely N-dealkylation sites (N-methyl/N-ethyl adjacent to an activating group) is 1. The van der Waals surface area contributed by atoms with Gasteiger partial charge in [0.25, 0.3) is 5.91 Å². The first kappa shape index (κ1) is 40.2. The number of carbonyl (C=O) groups is 1. The molecule has 2 aliphatic carbocycles. The molecule has 0 saturated heterocycles. The summed E-state index contributed by atoms with van der Waals surface area (Å²) in [7, 11) is 3.33.